The largest absolute Gasteiger partial charge is 0.480 e. The van der Waals surface area contributed by atoms with Crippen molar-refractivity contribution in [1.29, 1.82) is 0 Å². The molecule has 184 valence electrons. The van der Waals surface area contributed by atoms with Gasteiger partial charge >= 0.3 is 5.97 Å². The maximum Gasteiger partial charge on any atom is 0.325 e. The molecule has 1 aliphatic rings. The molecule has 36 heavy (non-hydrogen) atoms. The van der Waals surface area contributed by atoms with Crippen LogP contribution in [-0.2, 0) is 4.79 Å². The first-order valence-corrected chi connectivity index (χ1v) is 12.0. The number of hydrogen-bond donors (Lipinski definition) is 3. The molecule has 2 aromatic carbocycles. The van der Waals surface area contributed by atoms with E-state index >= 15 is 0 Å². The van der Waals surface area contributed by atoms with E-state index in [0.717, 1.165) is 36.9 Å². The predicted molar refractivity (Wildman–Crippen MR) is 135 cm³/mol. The molecule has 0 radical (unpaired) electrons. The fraction of sp³-hybridized carbons (Fsp3) is 0.259. The van der Waals surface area contributed by atoms with Crippen LogP contribution in [0.2, 0.25) is 0 Å². The molecule has 1 aliphatic carbocycles. The fourth-order valence-corrected chi connectivity index (χ4v) is 4.87. The number of carbonyl (C=O) groups is 2. The van der Waals surface area contributed by atoms with Gasteiger partial charge in [0.15, 0.2) is 5.82 Å². The van der Waals surface area contributed by atoms with E-state index in [9.17, 15) is 14.7 Å². The van der Waals surface area contributed by atoms with Crippen LogP contribution in [0.1, 0.15) is 54.6 Å². The molecule has 1 saturated carbocycles. The molecule has 4 N–H and O–H groups in total. The smallest absolute Gasteiger partial charge is 0.325 e. The van der Waals surface area contributed by atoms with E-state index in [1.807, 2.05) is 54.6 Å². The lowest BCUT2D eigenvalue weighted by atomic mass is 9.94. The van der Waals surface area contributed by atoms with Gasteiger partial charge in [-0.1, -0.05) is 43.2 Å². The highest BCUT2D eigenvalue weighted by Crippen LogP contribution is 2.43. The monoisotopic (exact) mass is 485 g/mol. The van der Waals surface area contributed by atoms with Crippen LogP contribution in [-0.4, -0.2) is 37.6 Å². The number of nitrogen functional groups attached to an aromatic ring is 1. The second-order valence-corrected chi connectivity index (χ2v) is 9.00. The molecule has 0 spiro atoms. The van der Waals surface area contributed by atoms with Gasteiger partial charge in [-0.05, 0) is 49.6 Å². The van der Waals surface area contributed by atoms with Crippen molar-refractivity contribution in [3.05, 3.63) is 72.2 Å². The van der Waals surface area contributed by atoms with Gasteiger partial charge in [-0.25, -0.2) is 9.50 Å². The van der Waals surface area contributed by atoms with Gasteiger partial charge in [0.1, 0.15) is 29.4 Å². The summed E-state index contributed by atoms with van der Waals surface area (Å²) in [5, 5.41) is 16.5. The van der Waals surface area contributed by atoms with E-state index in [1.54, 1.807) is 4.52 Å². The molecule has 0 bridgehead atoms. The van der Waals surface area contributed by atoms with Gasteiger partial charge in [-0.15, -0.1) is 0 Å². The Kier molecular flexibility index (Phi) is 6.28. The summed E-state index contributed by atoms with van der Waals surface area (Å²) in [4.78, 5) is 29.3. The number of aliphatic carboxylic acids is 1. The summed E-state index contributed by atoms with van der Waals surface area (Å²) in [5.74, 6) is 0.105. The summed E-state index contributed by atoms with van der Waals surface area (Å²) in [6.45, 7) is 1.44. The minimum atomic E-state index is -1.11. The van der Waals surface area contributed by atoms with Crippen molar-refractivity contribution in [2.24, 2.45) is 0 Å². The zero-order chi connectivity index (χ0) is 25.2. The molecule has 2 aromatic heterocycles. The van der Waals surface area contributed by atoms with E-state index in [2.05, 4.69) is 15.4 Å². The molecule has 1 amide bonds. The van der Waals surface area contributed by atoms with Crippen molar-refractivity contribution in [3.8, 4) is 22.6 Å². The molecule has 9 nitrogen and oxygen atoms in total. The number of nitrogens with zero attached hydrogens (tertiary/aromatic N) is 3. The number of carbonyl (C=O) groups excluding carboxylic acids is 1. The van der Waals surface area contributed by atoms with Crippen LogP contribution in [0.15, 0.2) is 60.9 Å². The Hall–Kier alpha value is -4.40. The third kappa shape index (κ3) is 4.35. The van der Waals surface area contributed by atoms with Crippen molar-refractivity contribution in [2.45, 2.75) is 44.6 Å². The van der Waals surface area contributed by atoms with E-state index < -0.39 is 17.9 Å². The summed E-state index contributed by atoms with van der Waals surface area (Å²) in [5.41, 5.74) is 9.30. The molecular formula is C27H27N5O4. The molecule has 0 saturated heterocycles. The number of nitrogens with one attached hydrogen (secondary N) is 1. The van der Waals surface area contributed by atoms with Gasteiger partial charge in [-0.2, -0.15) is 5.10 Å². The van der Waals surface area contributed by atoms with Crippen molar-refractivity contribution in [3.63, 3.8) is 0 Å². The lowest BCUT2D eigenvalue weighted by Gasteiger charge is -2.15. The predicted octanol–water partition coefficient (Wildman–Crippen LogP) is 4.63. The Morgan fingerprint density at radius 2 is 1.75 bits per heavy atom. The second-order valence-electron chi connectivity index (χ2n) is 9.00. The molecule has 0 aliphatic heterocycles. The number of para-hydroxylation sites is 1. The highest BCUT2D eigenvalue weighted by atomic mass is 16.5. The highest BCUT2D eigenvalue weighted by Gasteiger charge is 2.33. The summed E-state index contributed by atoms with van der Waals surface area (Å²) >= 11 is 0. The van der Waals surface area contributed by atoms with E-state index in [1.165, 1.54) is 13.3 Å². The summed E-state index contributed by atoms with van der Waals surface area (Å²) in [6, 6.07) is 15.7. The number of benzene rings is 2. The van der Waals surface area contributed by atoms with Crippen LogP contribution in [0.3, 0.4) is 0 Å². The van der Waals surface area contributed by atoms with Gasteiger partial charge < -0.3 is 20.9 Å². The van der Waals surface area contributed by atoms with Gasteiger partial charge in [-0.3, -0.25) is 9.59 Å². The first-order valence-electron chi connectivity index (χ1n) is 12.0. The standard InChI is InChI=1S/C27H27N5O4/c1-16(27(34)35)31-26(33)22-21(17-11-13-20(14-12-17)36-19-9-3-2-4-10-19)24-25(28)29-15-30-32(24)23(22)18-7-5-6-8-18/h2-4,9-16,18H,5-8H2,1H3,(H,31,33)(H,34,35)(H2,28,29,30). The number of ether oxygens (including phenoxy) is 1. The summed E-state index contributed by atoms with van der Waals surface area (Å²) in [6.07, 6.45) is 5.29. The molecule has 2 heterocycles. The number of carboxylic acids is 1. The van der Waals surface area contributed by atoms with Crippen LogP contribution in [0.5, 0.6) is 11.5 Å². The average molecular weight is 486 g/mol. The zero-order valence-electron chi connectivity index (χ0n) is 19.8. The normalized spacial score (nSPS) is 14.6. The van der Waals surface area contributed by atoms with Crippen molar-refractivity contribution in [1.82, 2.24) is 19.9 Å². The topological polar surface area (TPSA) is 132 Å². The van der Waals surface area contributed by atoms with Crippen molar-refractivity contribution >= 4 is 23.2 Å². The maximum atomic E-state index is 13.6. The molecular weight excluding hydrogens is 458 g/mol. The van der Waals surface area contributed by atoms with Crippen molar-refractivity contribution < 1.29 is 19.4 Å². The number of amides is 1. The number of aromatic nitrogens is 3. The number of rotatable bonds is 7. The average Bonchev–Trinajstić information content (AvgIpc) is 3.52. The Balaban J connectivity index is 1.66. The number of carboxylic acid groups (broad SMARTS) is 1. The Bertz CT molecular complexity index is 1410. The van der Waals surface area contributed by atoms with Gasteiger partial charge in [0.25, 0.3) is 5.91 Å². The van der Waals surface area contributed by atoms with E-state index in [-0.39, 0.29) is 11.7 Å². The van der Waals surface area contributed by atoms with Gasteiger partial charge in [0.2, 0.25) is 0 Å². The number of anilines is 1. The third-order valence-corrected chi connectivity index (χ3v) is 6.60. The number of fused-ring (bicyclic) bond motifs is 1. The maximum absolute atomic E-state index is 13.6. The quantitative estimate of drug-likeness (QED) is 0.348. The van der Waals surface area contributed by atoms with Crippen LogP contribution < -0.4 is 15.8 Å². The first-order chi connectivity index (χ1) is 17.4. The Morgan fingerprint density at radius 1 is 1.08 bits per heavy atom. The number of hydrogen-bond acceptors (Lipinski definition) is 6. The van der Waals surface area contributed by atoms with Gasteiger partial charge in [0, 0.05) is 11.5 Å². The van der Waals surface area contributed by atoms with E-state index in [0.29, 0.717) is 28.1 Å². The number of nitrogens with two attached hydrogens (primary N) is 1. The molecule has 9 heteroatoms. The SMILES string of the molecule is CC(NC(=O)c1c(-c2ccc(Oc3ccccc3)cc2)c2c(N)ncnn2c1C1CCCC1)C(=O)O. The molecule has 5 rings (SSSR count). The van der Waals surface area contributed by atoms with Gasteiger partial charge in [0.05, 0.1) is 11.3 Å². The third-order valence-electron chi connectivity index (χ3n) is 6.60. The Labute approximate surface area is 207 Å². The van der Waals surface area contributed by atoms with E-state index in [4.69, 9.17) is 10.5 Å². The van der Waals surface area contributed by atoms with Crippen LogP contribution in [0, 0.1) is 0 Å². The lowest BCUT2D eigenvalue weighted by molar-refractivity contribution is -0.138. The Morgan fingerprint density at radius 3 is 2.42 bits per heavy atom. The molecule has 4 aromatic rings. The highest BCUT2D eigenvalue weighted by molar-refractivity contribution is 6.09. The minimum absolute atomic E-state index is 0.0992. The molecule has 1 unspecified atom stereocenters. The molecule has 1 atom stereocenters. The zero-order valence-corrected chi connectivity index (χ0v) is 19.8. The van der Waals surface area contributed by atoms with Crippen LogP contribution in [0.25, 0.3) is 16.6 Å². The van der Waals surface area contributed by atoms with Crippen molar-refractivity contribution in [2.75, 3.05) is 5.73 Å². The molecule has 1 fully saturated rings. The summed E-state index contributed by atoms with van der Waals surface area (Å²) in [7, 11) is 0. The second kappa shape index (κ2) is 9.69. The van der Waals surface area contributed by atoms with Crippen LogP contribution >= 0.6 is 0 Å². The fourth-order valence-electron chi connectivity index (χ4n) is 4.87. The first kappa shape index (κ1) is 23.3. The van der Waals surface area contributed by atoms with Crippen LogP contribution in [0.4, 0.5) is 5.82 Å². The summed E-state index contributed by atoms with van der Waals surface area (Å²) < 4.78 is 7.64. The lowest BCUT2D eigenvalue weighted by Crippen LogP contribution is -2.38. The minimum Gasteiger partial charge on any atom is -0.480 e.